The predicted molar refractivity (Wildman–Crippen MR) is 64.2 cm³/mol. The lowest BCUT2D eigenvalue weighted by Crippen LogP contribution is -2.51. The molecule has 0 aromatic carbocycles. The van der Waals surface area contributed by atoms with Crippen molar-refractivity contribution in [3.8, 4) is 0 Å². The number of nitrogens with one attached hydrogen (secondary N) is 2. The van der Waals surface area contributed by atoms with Gasteiger partial charge in [-0.25, -0.2) is 4.84 Å². The largest absolute Gasteiger partial charge is 0.357 e. The summed E-state index contributed by atoms with van der Waals surface area (Å²) >= 11 is 5.22. The number of carbonyl (C=O) groups is 1. The summed E-state index contributed by atoms with van der Waals surface area (Å²) in [5.74, 6) is 2.04. The van der Waals surface area contributed by atoms with Gasteiger partial charge >= 0.3 is 0 Å². The lowest BCUT2D eigenvalue weighted by Gasteiger charge is -2.03. The average Bonchev–Trinajstić information content (AvgIpc) is 2.20. The van der Waals surface area contributed by atoms with Gasteiger partial charge in [0.1, 0.15) is 0 Å². The zero-order valence-corrected chi connectivity index (χ0v) is 10.4. The molecule has 0 unspecified atom stereocenters. The first kappa shape index (κ1) is 14.4. The molecule has 0 aromatic heterocycles. The van der Waals surface area contributed by atoms with Crippen LogP contribution in [0, 0.1) is 0 Å². The van der Waals surface area contributed by atoms with Crippen molar-refractivity contribution in [3.05, 3.63) is 0 Å². The third kappa shape index (κ3) is 10.5. The smallest absolute Gasteiger partial charge is 0.221 e. The van der Waals surface area contributed by atoms with Gasteiger partial charge in [0.15, 0.2) is 0 Å². The second-order valence-electron chi connectivity index (χ2n) is 2.48. The molecule has 0 fully saturated rings. The number of hydrogen-bond donors (Lipinski definition) is 3. The molecule has 0 aliphatic carbocycles. The maximum atomic E-state index is 11.1. The third-order valence-electron chi connectivity index (χ3n) is 1.27. The van der Waals surface area contributed by atoms with Gasteiger partial charge in [0, 0.05) is 25.3 Å². The molecule has 0 saturated heterocycles. The van der Waals surface area contributed by atoms with Crippen LogP contribution in [-0.4, -0.2) is 37.0 Å². The zero-order chi connectivity index (χ0) is 10.6. The van der Waals surface area contributed by atoms with Crippen molar-refractivity contribution in [3.63, 3.8) is 0 Å². The Hall–Kier alpha value is 0.380. The molecule has 0 bridgehead atoms. The molecule has 0 spiro atoms. The highest BCUT2D eigenvalue weighted by molar-refractivity contribution is 8.76. The summed E-state index contributed by atoms with van der Waals surface area (Å²) in [6.45, 7) is 2.18. The molecular formula is C7H17ClN3OS2+. The van der Waals surface area contributed by atoms with Crippen LogP contribution in [0.25, 0.3) is 0 Å². The number of quaternary nitrogens is 1. The molecule has 84 valence electrons. The molecule has 1 amide bonds. The van der Waals surface area contributed by atoms with Gasteiger partial charge in [-0.2, -0.15) is 0 Å². The molecule has 0 radical (unpaired) electrons. The van der Waals surface area contributed by atoms with Crippen LogP contribution in [0.15, 0.2) is 0 Å². The zero-order valence-electron chi connectivity index (χ0n) is 8.05. The first-order valence-corrected chi connectivity index (χ1v) is 7.31. The minimum atomic E-state index is 0.0425. The molecule has 0 aromatic rings. The normalized spacial score (nSPS) is 10.1. The lowest BCUT2D eigenvalue weighted by atomic mass is 10.4. The Morgan fingerprint density at radius 3 is 2.64 bits per heavy atom. The number of carbonyl (C=O) groups excluding carboxylic acids is 1. The second kappa shape index (κ2) is 11.5. The highest BCUT2D eigenvalue weighted by Gasteiger charge is 1.98. The van der Waals surface area contributed by atoms with E-state index in [0.29, 0.717) is 13.0 Å². The fraction of sp³-hybridized carbons (Fsp3) is 0.857. The molecule has 0 rings (SSSR count). The summed E-state index contributed by atoms with van der Waals surface area (Å²) in [4.78, 5) is 13.5. The van der Waals surface area contributed by atoms with Crippen LogP contribution in [0.3, 0.4) is 0 Å². The van der Waals surface area contributed by atoms with Crippen LogP contribution in [0.1, 0.15) is 6.42 Å². The molecular weight excluding hydrogens is 242 g/mol. The van der Waals surface area contributed by atoms with E-state index < -0.39 is 0 Å². The molecule has 5 N–H and O–H groups in total. The van der Waals surface area contributed by atoms with Crippen molar-refractivity contribution in [2.75, 3.05) is 31.1 Å². The van der Waals surface area contributed by atoms with E-state index in [0.717, 1.165) is 24.6 Å². The van der Waals surface area contributed by atoms with E-state index in [1.54, 1.807) is 21.6 Å². The SMILES string of the molecule is [NH3+]CCSSCCNC(=O)CCNCl. The van der Waals surface area contributed by atoms with Gasteiger partial charge in [-0.3, -0.25) is 4.79 Å². The van der Waals surface area contributed by atoms with Crippen molar-refractivity contribution < 1.29 is 10.5 Å². The fourth-order valence-corrected chi connectivity index (χ4v) is 2.60. The van der Waals surface area contributed by atoms with Crippen LogP contribution in [0.4, 0.5) is 0 Å². The first-order valence-electron chi connectivity index (χ1n) is 4.45. The van der Waals surface area contributed by atoms with Crippen molar-refractivity contribution in [2.45, 2.75) is 6.42 Å². The van der Waals surface area contributed by atoms with Crippen LogP contribution < -0.4 is 15.9 Å². The Labute approximate surface area is 97.6 Å². The van der Waals surface area contributed by atoms with E-state index in [4.69, 9.17) is 11.8 Å². The Bertz CT molecular complexity index is 151. The summed E-state index contributed by atoms with van der Waals surface area (Å²) in [6.07, 6.45) is 0.431. The number of hydrogen-bond acceptors (Lipinski definition) is 4. The van der Waals surface area contributed by atoms with Gasteiger partial charge < -0.3 is 11.1 Å². The summed E-state index contributed by atoms with van der Waals surface area (Å²) in [6, 6.07) is 0. The highest BCUT2D eigenvalue weighted by Crippen LogP contribution is 2.18. The van der Waals surface area contributed by atoms with Gasteiger partial charge in [0.05, 0.1) is 12.3 Å². The standard InChI is InChI=1S/C7H16ClN3OS2/c8-11-3-1-7(12)10-4-6-14-13-5-2-9/h11H,1-6,9H2,(H,10,12)/p+1. The fourth-order valence-electron chi connectivity index (χ4n) is 0.658. The van der Waals surface area contributed by atoms with E-state index in [2.05, 4.69) is 15.9 Å². The van der Waals surface area contributed by atoms with Gasteiger partial charge in [0.2, 0.25) is 5.91 Å². The minimum Gasteiger partial charge on any atom is -0.357 e. The Morgan fingerprint density at radius 2 is 2.00 bits per heavy atom. The van der Waals surface area contributed by atoms with Crippen LogP contribution in [0.5, 0.6) is 0 Å². The molecule has 7 heteroatoms. The maximum Gasteiger partial charge on any atom is 0.221 e. The van der Waals surface area contributed by atoms with Gasteiger partial charge in [-0.05, 0) is 11.8 Å². The minimum absolute atomic E-state index is 0.0425. The molecule has 0 heterocycles. The van der Waals surface area contributed by atoms with E-state index in [9.17, 15) is 4.79 Å². The van der Waals surface area contributed by atoms with Gasteiger partial charge in [-0.15, -0.1) is 0 Å². The Balaban J connectivity index is 3.07. The van der Waals surface area contributed by atoms with Gasteiger partial charge in [-0.1, -0.05) is 21.6 Å². The van der Waals surface area contributed by atoms with E-state index in [1.807, 2.05) is 0 Å². The maximum absolute atomic E-state index is 11.1. The average molecular weight is 259 g/mol. The van der Waals surface area contributed by atoms with E-state index in [1.165, 1.54) is 0 Å². The quantitative estimate of drug-likeness (QED) is 0.306. The predicted octanol–water partition coefficient (Wildman–Crippen LogP) is -0.141. The van der Waals surface area contributed by atoms with Crippen LogP contribution >= 0.6 is 33.4 Å². The molecule has 0 aliphatic rings. The third-order valence-corrected chi connectivity index (χ3v) is 3.95. The molecule has 0 atom stereocenters. The number of amides is 1. The second-order valence-corrected chi connectivity index (χ2v) is 5.45. The monoisotopic (exact) mass is 258 g/mol. The van der Waals surface area contributed by atoms with E-state index in [-0.39, 0.29) is 5.91 Å². The van der Waals surface area contributed by atoms with Crippen molar-refractivity contribution in [1.82, 2.24) is 10.2 Å². The Kier molecular flexibility index (Phi) is 11.8. The summed E-state index contributed by atoms with van der Waals surface area (Å²) in [5, 5.41) is 2.81. The lowest BCUT2D eigenvalue weighted by molar-refractivity contribution is -0.360. The van der Waals surface area contributed by atoms with E-state index >= 15 is 0 Å². The molecule has 4 nitrogen and oxygen atoms in total. The van der Waals surface area contributed by atoms with Crippen LogP contribution in [0.2, 0.25) is 0 Å². The summed E-state index contributed by atoms with van der Waals surface area (Å²) < 4.78 is 0. The molecule has 0 aliphatic heterocycles. The van der Waals surface area contributed by atoms with Gasteiger partial charge in [0.25, 0.3) is 0 Å². The summed E-state index contributed by atoms with van der Waals surface area (Å²) in [5.41, 5.74) is 3.74. The topological polar surface area (TPSA) is 68.8 Å². The summed E-state index contributed by atoms with van der Waals surface area (Å²) in [7, 11) is 3.56. The first-order chi connectivity index (χ1) is 6.81. The Morgan fingerprint density at radius 1 is 1.29 bits per heavy atom. The number of rotatable bonds is 9. The van der Waals surface area contributed by atoms with Crippen molar-refractivity contribution in [1.29, 1.82) is 0 Å². The number of halogens is 1. The van der Waals surface area contributed by atoms with Crippen molar-refractivity contribution >= 4 is 39.3 Å². The molecule has 0 saturated carbocycles. The van der Waals surface area contributed by atoms with Crippen LogP contribution in [-0.2, 0) is 4.79 Å². The molecule has 14 heavy (non-hydrogen) atoms. The van der Waals surface area contributed by atoms with Crippen molar-refractivity contribution in [2.24, 2.45) is 0 Å². The highest BCUT2D eigenvalue weighted by atomic mass is 35.5.